The smallest absolute Gasteiger partial charge is 0.227 e. The second-order valence-corrected chi connectivity index (χ2v) is 5.72. The number of hydrogen-bond acceptors (Lipinski definition) is 4. The summed E-state index contributed by atoms with van der Waals surface area (Å²) < 4.78 is 5.19. The Balaban J connectivity index is 1.49. The number of nitrogens with one attached hydrogen (secondary N) is 1. The van der Waals surface area contributed by atoms with Gasteiger partial charge in [-0.2, -0.15) is 4.98 Å². The summed E-state index contributed by atoms with van der Waals surface area (Å²) in [6.45, 7) is 0.443. The molecule has 3 rings (SSSR count). The Morgan fingerprint density at radius 2 is 1.96 bits per heavy atom. The summed E-state index contributed by atoms with van der Waals surface area (Å²) in [6.07, 6.45) is 0.693. The molecular weight excluding hydrogens is 326 g/mol. The molecule has 0 bridgehead atoms. The first-order valence-electron chi connectivity index (χ1n) is 7.60. The zero-order valence-corrected chi connectivity index (χ0v) is 13.7. The zero-order chi connectivity index (χ0) is 16.8. The van der Waals surface area contributed by atoms with Gasteiger partial charge in [0.2, 0.25) is 17.6 Å². The standard InChI is InChI=1S/C18H16ClN3O2/c19-15-8-4-5-13(11-15)12-20-16(23)9-10-17-21-18(22-24-17)14-6-2-1-3-7-14/h1-8,11H,9-10,12H2,(H,20,23). The fourth-order valence-corrected chi connectivity index (χ4v) is 2.43. The number of aryl methyl sites for hydroxylation is 1. The van der Waals surface area contributed by atoms with Crippen molar-refractivity contribution >= 4 is 17.5 Å². The molecule has 0 atom stereocenters. The lowest BCUT2D eigenvalue weighted by Crippen LogP contribution is -2.23. The third kappa shape index (κ3) is 4.43. The van der Waals surface area contributed by atoms with E-state index in [0.717, 1.165) is 11.1 Å². The highest BCUT2D eigenvalue weighted by Crippen LogP contribution is 2.15. The van der Waals surface area contributed by atoms with E-state index in [4.69, 9.17) is 16.1 Å². The predicted molar refractivity (Wildman–Crippen MR) is 91.4 cm³/mol. The summed E-state index contributed by atoms with van der Waals surface area (Å²) in [6, 6.07) is 17.0. The van der Waals surface area contributed by atoms with Crippen LogP contribution in [0.15, 0.2) is 59.1 Å². The number of amides is 1. The third-order valence-electron chi connectivity index (χ3n) is 3.44. The molecule has 1 aromatic heterocycles. The summed E-state index contributed by atoms with van der Waals surface area (Å²) in [5.41, 5.74) is 1.85. The topological polar surface area (TPSA) is 68.0 Å². The average Bonchev–Trinajstić information content (AvgIpc) is 3.08. The van der Waals surface area contributed by atoms with Crippen LogP contribution in [0.2, 0.25) is 5.02 Å². The Morgan fingerprint density at radius 3 is 2.75 bits per heavy atom. The Morgan fingerprint density at radius 1 is 1.12 bits per heavy atom. The summed E-state index contributed by atoms with van der Waals surface area (Å²) in [4.78, 5) is 16.2. The summed E-state index contributed by atoms with van der Waals surface area (Å²) in [7, 11) is 0. The predicted octanol–water partition coefficient (Wildman–Crippen LogP) is 3.64. The number of carbonyl (C=O) groups is 1. The van der Waals surface area contributed by atoms with Crippen LogP contribution in [0.1, 0.15) is 17.9 Å². The molecule has 6 heteroatoms. The highest BCUT2D eigenvalue weighted by atomic mass is 35.5. The molecule has 0 radical (unpaired) electrons. The van der Waals surface area contributed by atoms with Crippen molar-refractivity contribution in [1.82, 2.24) is 15.5 Å². The lowest BCUT2D eigenvalue weighted by Gasteiger charge is -2.04. The van der Waals surface area contributed by atoms with Crippen LogP contribution in [-0.2, 0) is 17.8 Å². The first-order valence-corrected chi connectivity index (χ1v) is 7.97. The zero-order valence-electron chi connectivity index (χ0n) is 12.9. The molecule has 3 aromatic rings. The van der Waals surface area contributed by atoms with Crippen molar-refractivity contribution in [2.24, 2.45) is 0 Å². The van der Waals surface area contributed by atoms with E-state index in [1.165, 1.54) is 0 Å². The molecule has 0 spiro atoms. The Hall–Kier alpha value is -2.66. The van der Waals surface area contributed by atoms with Crippen LogP contribution in [0.3, 0.4) is 0 Å². The molecule has 0 fully saturated rings. The van der Waals surface area contributed by atoms with Crippen LogP contribution in [0.25, 0.3) is 11.4 Å². The molecule has 1 amide bonds. The minimum atomic E-state index is -0.0746. The number of benzene rings is 2. The van der Waals surface area contributed by atoms with Gasteiger partial charge in [0.15, 0.2) is 0 Å². The number of nitrogens with zero attached hydrogens (tertiary/aromatic N) is 2. The maximum Gasteiger partial charge on any atom is 0.227 e. The molecule has 0 unspecified atom stereocenters. The van der Waals surface area contributed by atoms with E-state index in [-0.39, 0.29) is 12.3 Å². The van der Waals surface area contributed by atoms with Crippen molar-refractivity contribution in [3.05, 3.63) is 71.1 Å². The van der Waals surface area contributed by atoms with E-state index in [9.17, 15) is 4.79 Å². The SMILES string of the molecule is O=C(CCc1nc(-c2ccccc2)no1)NCc1cccc(Cl)c1. The van der Waals surface area contributed by atoms with Crippen molar-refractivity contribution in [1.29, 1.82) is 0 Å². The monoisotopic (exact) mass is 341 g/mol. The van der Waals surface area contributed by atoms with Gasteiger partial charge in [0, 0.05) is 30.0 Å². The van der Waals surface area contributed by atoms with Gasteiger partial charge >= 0.3 is 0 Å². The van der Waals surface area contributed by atoms with Crippen molar-refractivity contribution < 1.29 is 9.32 Å². The largest absolute Gasteiger partial charge is 0.352 e. The third-order valence-corrected chi connectivity index (χ3v) is 3.68. The van der Waals surface area contributed by atoms with Crippen LogP contribution < -0.4 is 5.32 Å². The van der Waals surface area contributed by atoms with Gasteiger partial charge in [-0.05, 0) is 17.7 Å². The van der Waals surface area contributed by atoms with E-state index in [1.54, 1.807) is 6.07 Å². The average molecular weight is 342 g/mol. The molecular formula is C18H16ClN3O2. The number of aromatic nitrogens is 2. The summed E-state index contributed by atoms with van der Waals surface area (Å²) in [5, 5.41) is 7.44. The minimum absolute atomic E-state index is 0.0746. The van der Waals surface area contributed by atoms with Crippen LogP contribution in [0, 0.1) is 0 Å². The number of hydrogen-bond donors (Lipinski definition) is 1. The first kappa shape index (κ1) is 16.2. The molecule has 24 heavy (non-hydrogen) atoms. The molecule has 122 valence electrons. The van der Waals surface area contributed by atoms with Crippen LogP contribution in [0.5, 0.6) is 0 Å². The maximum absolute atomic E-state index is 11.9. The van der Waals surface area contributed by atoms with Crippen molar-refractivity contribution in [2.75, 3.05) is 0 Å². The second kappa shape index (κ2) is 7.75. The highest BCUT2D eigenvalue weighted by molar-refractivity contribution is 6.30. The molecule has 0 aliphatic rings. The van der Waals surface area contributed by atoms with E-state index < -0.39 is 0 Å². The molecule has 5 nitrogen and oxygen atoms in total. The minimum Gasteiger partial charge on any atom is -0.352 e. The molecule has 1 N–H and O–H groups in total. The quantitative estimate of drug-likeness (QED) is 0.743. The lowest BCUT2D eigenvalue weighted by molar-refractivity contribution is -0.121. The van der Waals surface area contributed by atoms with Crippen molar-refractivity contribution in [3.63, 3.8) is 0 Å². The number of rotatable bonds is 6. The van der Waals surface area contributed by atoms with Crippen molar-refractivity contribution in [3.8, 4) is 11.4 Å². The van der Waals surface area contributed by atoms with Crippen LogP contribution >= 0.6 is 11.6 Å². The Kier molecular flexibility index (Phi) is 5.23. The second-order valence-electron chi connectivity index (χ2n) is 5.28. The maximum atomic E-state index is 11.9. The van der Waals surface area contributed by atoms with E-state index in [2.05, 4.69) is 15.5 Å². The summed E-state index contributed by atoms with van der Waals surface area (Å²) >= 11 is 5.91. The normalized spacial score (nSPS) is 10.5. The van der Waals surface area contributed by atoms with Crippen molar-refractivity contribution in [2.45, 2.75) is 19.4 Å². The Labute approximate surface area is 144 Å². The molecule has 2 aromatic carbocycles. The Bertz CT molecular complexity index is 818. The van der Waals surface area contributed by atoms with E-state index in [0.29, 0.717) is 29.7 Å². The fraction of sp³-hybridized carbons (Fsp3) is 0.167. The van der Waals surface area contributed by atoms with Gasteiger partial charge in [-0.3, -0.25) is 4.79 Å². The molecule has 0 aliphatic carbocycles. The molecule has 0 saturated heterocycles. The highest BCUT2D eigenvalue weighted by Gasteiger charge is 2.10. The molecule has 0 saturated carbocycles. The van der Waals surface area contributed by atoms with Gasteiger partial charge < -0.3 is 9.84 Å². The van der Waals surface area contributed by atoms with Gasteiger partial charge in [0.25, 0.3) is 0 Å². The van der Waals surface area contributed by atoms with Gasteiger partial charge in [0.05, 0.1) is 0 Å². The van der Waals surface area contributed by atoms with Gasteiger partial charge in [0.1, 0.15) is 0 Å². The van der Waals surface area contributed by atoms with Crippen LogP contribution in [-0.4, -0.2) is 16.0 Å². The van der Waals surface area contributed by atoms with Gasteiger partial charge in [-0.25, -0.2) is 0 Å². The number of carbonyl (C=O) groups excluding carboxylic acids is 1. The molecule has 0 aliphatic heterocycles. The summed E-state index contributed by atoms with van der Waals surface area (Å²) in [5.74, 6) is 0.908. The molecule has 1 heterocycles. The first-order chi connectivity index (χ1) is 11.7. The van der Waals surface area contributed by atoms with E-state index in [1.807, 2.05) is 48.5 Å². The van der Waals surface area contributed by atoms with E-state index >= 15 is 0 Å². The number of halogens is 1. The lowest BCUT2D eigenvalue weighted by atomic mass is 10.2. The van der Waals surface area contributed by atoms with Gasteiger partial charge in [-0.1, -0.05) is 59.2 Å². The van der Waals surface area contributed by atoms with Crippen LogP contribution in [0.4, 0.5) is 0 Å². The fourth-order valence-electron chi connectivity index (χ4n) is 2.22. The van der Waals surface area contributed by atoms with Gasteiger partial charge in [-0.15, -0.1) is 0 Å².